The van der Waals surface area contributed by atoms with E-state index in [-0.39, 0.29) is 5.56 Å². The predicted octanol–water partition coefficient (Wildman–Crippen LogP) is 4.39. The molecule has 0 radical (unpaired) electrons. The lowest BCUT2D eigenvalue weighted by Gasteiger charge is -2.36. The van der Waals surface area contributed by atoms with Crippen LogP contribution >= 0.6 is 0 Å². The van der Waals surface area contributed by atoms with Crippen LogP contribution in [-0.2, 0) is 0 Å². The topological polar surface area (TPSA) is 70.6 Å². The van der Waals surface area contributed by atoms with Gasteiger partial charge in [0.25, 0.3) is 5.91 Å². The van der Waals surface area contributed by atoms with Crippen molar-refractivity contribution in [1.29, 1.82) is 0 Å². The first-order valence-corrected chi connectivity index (χ1v) is 11.3. The highest BCUT2D eigenvalue weighted by molar-refractivity contribution is 5.97. The number of benzene rings is 1. The number of halogens is 3. The molecule has 1 aromatic carbocycles. The molecule has 0 spiro atoms. The first kappa shape index (κ1) is 23.1. The zero-order valence-corrected chi connectivity index (χ0v) is 18.6. The maximum absolute atomic E-state index is 12.9. The summed E-state index contributed by atoms with van der Waals surface area (Å²) < 4.78 is 42.2. The van der Waals surface area contributed by atoms with Crippen molar-refractivity contribution in [2.24, 2.45) is 0 Å². The Kier molecular flexibility index (Phi) is 6.90. The van der Waals surface area contributed by atoms with Crippen molar-refractivity contribution in [1.82, 2.24) is 14.9 Å². The largest absolute Gasteiger partial charge is 0.573 e. The molecule has 2 aliphatic rings. The lowest BCUT2D eigenvalue weighted by atomic mass is 9.96. The summed E-state index contributed by atoms with van der Waals surface area (Å²) in [6, 6.07) is 7.75. The van der Waals surface area contributed by atoms with Gasteiger partial charge < -0.3 is 19.9 Å². The molecule has 0 bridgehead atoms. The number of hydrogen-bond acceptors (Lipinski definition) is 6. The molecule has 1 aliphatic heterocycles. The number of nitrogens with zero attached hydrogens (tertiary/aromatic N) is 4. The van der Waals surface area contributed by atoms with Crippen LogP contribution in [0.5, 0.6) is 5.75 Å². The second-order valence-corrected chi connectivity index (χ2v) is 8.49. The number of nitrogens with one attached hydrogen (secondary N) is 1. The van der Waals surface area contributed by atoms with E-state index in [1.54, 1.807) is 4.90 Å². The maximum atomic E-state index is 12.9. The molecule has 33 heavy (non-hydrogen) atoms. The fourth-order valence-electron chi connectivity index (χ4n) is 4.37. The molecule has 2 heterocycles. The van der Waals surface area contributed by atoms with Gasteiger partial charge in [-0.25, -0.2) is 4.98 Å². The number of carbonyl (C=O) groups excluding carboxylic acids is 1. The Morgan fingerprint density at radius 3 is 2.45 bits per heavy atom. The van der Waals surface area contributed by atoms with E-state index in [0.717, 1.165) is 30.4 Å². The smallest absolute Gasteiger partial charge is 0.405 e. The fourth-order valence-corrected chi connectivity index (χ4v) is 4.37. The van der Waals surface area contributed by atoms with E-state index >= 15 is 0 Å². The molecule has 1 aromatic heterocycles. The summed E-state index contributed by atoms with van der Waals surface area (Å²) in [5.74, 6) is 0.442. The summed E-state index contributed by atoms with van der Waals surface area (Å²) in [5, 5.41) is 3.46. The molecule has 2 fully saturated rings. The van der Waals surface area contributed by atoms with E-state index in [2.05, 4.69) is 24.9 Å². The van der Waals surface area contributed by atoms with Crippen molar-refractivity contribution >= 4 is 17.7 Å². The molecule has 2 aromatic rings. The molecule has 10 heteroatoms. The van der Waals surface area contributed by atoms with E-state index < -0.39 is 18.0 Å². The van der Waals surface area contributed by atoms with Crippen LogP contribution in [0.2, 0.25) is 0 Å². The standard InChI is InChI=1S/C23H28F3N5O2/c1-16-15-20(29-22(27-16)28-17-7-3-2-4-8-17)30-11-13-31(14-12-30)21(32)18-9-5-6-10-19(18)33-23(24,25)26/h5-6,9-10,15,17H,2-4,7-8,11-14H2,1H3,(H,27,28,29). The van der Waals surface area contributed by atoms with Crippen LogP contribution in [0.3, 0.4) is 0 Å². The first-order valence-electron chi connectivity index (χ1n) is 11.3. The number of alkyl halides is 3. The van der Waals surface area contributed by atoms with Crippen LogP contribution in [0.15, 0.2) is 30.3 Å². The second-order valence-electron chi connectivity index (χ2n) is 8.49. The third-order valence-electron chi connectivity index (χ3n) is 6.01. The molecular weight excluding hydrogens is 435 g/mol. The van der Waals surface area contributed by atoms with E-state index in [0.29, 0.717) is 38.2 Å². The Bertz CT molecular complexity index is 971. The minimum absolute atomic E-state index is 0.0971. The molecule has 178 valence electrons. The molecule has 4 rings (SSSR count). The van der Waals surface area contributed by atoms with E-state index in [9.17, 15) is 18.0 Å². The van der Waals surface area contributed by atoms with Gasteiger partial charge in [-0.15, -0.1) is 13.2 Å². The Hall–Kier alpha value is -3.04. The highest BCUT2D eigenvalue weighted by Crippen LogP contribution is 2.28. The summed E-state index contributed by atoms with van der Waals surface area (Å²) in [5.41, 5.74) is 0.759. The summed E-state index contributed by atoms with van der Waals surface area (Å²) in [6.07, 6.45) is 1.07. The summed E-state index contributed by atoms with van der Waals surface area (Å²) >= 11 is 0. The molecule has 1 saturated heterocycles. The maximum Gasteiger partial charge on any atom is 0.573 e. The molecule has 1 aliphatic carbocycles. The van der Waals surface area contributed by atoms with Gasteiger partial charge in [0.05, 0.1) is 5.56 Å². The Labute approximate surface area is 191 Å². The summed E-state index contributed by atoms with van der Waals surface area (Å²) in [7, 11) is 0. The van der Waals surface area contributed by atoms with Crippen molar-refractivity contribution < 1.29 is 22.7 Å². The van der Waals surface area contributed by atoms with Crippen molar-refractivity contribution in [2.45, 2.75) is 51.4 Å². The van der Waals surface area contributed by atoms with Gasteiger partial charge in [-0.3, -0.25) is 4.79 Å². The van der Waals surface area contributed by atoms with Gasteiger partial charge in [0.2, 0.25) is 5.95 Å². The number of rotatable bonds is 5. The van der Waals surface area contributed by atoms with Gasteiger partial charge in [-0.1, -0.05) is 31.4 Å². The Morgan fingerprint density at radius 1 is 1.06 bits per heavy atom. The third kappa shape index (κ3) is 6.06. The minimum Gasteiger partial charge on any atom is -0.405 e. The van der Waals surface area contributed by atoms with Gasteiger partial charge in [-0.2, -0.15) is 4.98 Å². The SMILES string of the molecule is Cc1cc(N2CCN(C(=O)c3ccccc3OC(F)(F)F)CC2)nc(NC2CCCCC2)n1. The van der Waals surface area contributed by atoms with Gasteiger partial charge in [0.1, 0.15) is 11.6 Å². The summed E-state index contributed by atoms with van der Waals surface area (Å²) in [4.78, 5) is 25.7. The number of piperazine rings is 1. The zero-order chi connectivity index (χ0) is 23.4. The molecule has 0 unspecified atom stereocenters. The number of para-hydroxylation sites is 1. The molecule has 1 saturated carbocycles. The van der Waals surface area contributed by atoms with Gasteiger partial charge in [0.15, 0.2) is 0 Å². The third-order valence-corrected chi connectivity index (χ3v) is 6.01. The van der Waals surface area contributed by atoms with Crippen molar-refractivity contribution in [2.75, 3.05) is 36.4 Å². The number of aryl methyl sites for hydroxylation is 1. The Morgan fingerprint density at radius 2 is 1.76 bits per heavy atom. The monoisotopic (exact) mass is 463 g/mol. The van der Waals surface area contributed by atoms with Crippen LogP contribution in [0.25, 0.3) is 0 Å². The number of ether oxygens (including phenoxy) is 1. The number of carbonyl (C=O) groups is 1. The number of anilines is 2. The number of amides is 1. The molecule has 1 N–H and O–H groups in total. The van der Waals surface area contributed by atoms with Crippen LogP contribution in [0.4, 0.5) is 24.9 Å². The molecule has 0 atom stereocenters. The average Bonchev–Trinajstić information content (AvgIpc) is 2.78. The predicted molar refractivity (Wildman–Crippen MR) is 119 cm³/mol. The zero-order valence-electron chi connectivity index (χ0n) is 18.6. The Balaban J connectivity index is 1.41. The molecule has 7 nitrogen and oxygen atoms in total. The average molecular weight is 464 g/mol. The van der Waals surface area contributed by atoms with Crippen LogP contribution in [0, 0.1) is 6.92 Å². The van der Waals surface area contributed by atoms with Gasteiger partial charge in [-0.05, 0) is 31.9 Å². The lowest BCUT2D eigenvalue weighted by molar-refractivity contribution is -0.274. The van der Waals surface area contributed by atoms with Crippen LogP contribution < -0.4 is 15.0 Å². The number of aromatic nitrogens is 2. The quantitative estimate of drug-likeness (QED) is 0.709. The fraction of sp³-hybridized carbons (Fsp3) is 0.522. The lowest BCUT2D eigenvalue weighted by Crippen LogP contribution is -2.49. The van der Waals surface area contributed by atoms with E-state index in [4.69, 9.17) is 0 Å². The van der Waals surface area contributed by atoms with Crippen LogP contribution in [0.1, 0.15) is 48.2 Å². The molecule has 1 amide bonds. The van der Waals surface area contributed by atoms with E-state index in [1.807, 2.05) is 13.0 Å². The van der Waals surface area contributed by atoms with E-state index in [1.165, 1.54) is 37.5 Å². The van der Waals surface area contributed by atoms with Gasteiger partial charge >= 0.3 is 6.36 Å². The van der Waals surface area contributed by atoms with Crippen LogP contribution in [-0.4, -0.2) is 59.4 Å². The highest BCUT2D eigenvalue weighted by Gasteiger charge is 2.34. The highest BCUT2D eigenvalue weighted by atomic mass is 19.4. The van der Waals surface area contributed by atoms with Crippen molar-refractivity contribution in [3.05, 3.63) is 41.6 Å². The normalized spacial score (nSPS) is 17.7. The second kappa shape index (κ2) is 9.84. The number of hydrogen-bond donors (Lipinski definition) is 1. The summed E-state index contributed by atoms with van der Waals surface area (Å²) in [6.45, 7) is 3.70. The van der Waals surface area contributed by atoms with Crippen molar-refractivity contribution in [3.8, 4) is 5.75 Å². The first-order chi connectivity index (χ1) is 15.8. The van der Waals surface area contributed by atoms with Crippen molar-refractivity contribution in [3.63, 3.8) is 0 Å². The molecular formula is C23H28F3N5O2. The minimum atomic E-state index is -4.86. The van der Waals surface area contributed by atoms with Gasteiger partial charge in [0, 0.05) is 44.0 Å².